The molecular weight excluding hydrogens is 296 g/mol. The summed E-state index contributed by atoms with van der Waals surface area (Å²) in [7, 11) is -1.66. The van der Waals surface area contributed by atoms with Gasteiger partial charge in [0.2, 0.25) is 0 Å². The van der Waals surface area contributed by atoms with E-state index in [0.717, 1.165) is 6.26 Å². The number of carboxylic acids is 1. The first-order valence-corrected chi connectivity index (χ1v) is 9.14. The van der Waals surface area contributed by atoms with Gasteiger partial charge in [0, 0.05) is 26.4 Å². The first kappa shape index (κ1) is 17.7. The molecule has 0 radical (unpaired) electrons. The van der Waals surface area contributed by atoms with E-state index in [-0.39, 0.29) is 12.3 Å². The lowest BCUT2D eigenvalue weighted by Gasteiger charge is -2.37. The molecule has 1 aliphatic rings. The second-order valence-electron chi connectivity index (χ2n) is 5.68. The molecular formula is C13H24N2O5S. The van der Waals surface area contributed by atoms with Gasteiger partial charge in [0.05, 0.1) is 5.75 Å². The van der Waals surface area contributed by atoms with Crippen molar-refractivity contribution in [3.8, 4) is 0 Å². The van der Waals surface area contributed by atoms with Crippen molar-refractivity contribution < 1.29 is 23.1 Å². The van der Waals surface area contributed by atoms with E-state index in [2.05, 4.69) is 0 Å². The molecule has 0 saturated carbocycles. The molecule has 1 unspecified atom stereocenters. The predicted octanol–water partition coefficient (Wildman–Crippen LogP) is 0.802. The lowest BCUT2D eigenvalue weighted by Crippen LogP contribution is -2.56. The molecule has 122 valence electrons. The quantitative estimate of drug-likeness (QED) is 0.781. The number of hydrogen-bond donors (Lipinski definition) is 1. The van der Waals surface area contributed by atoms with Crippen molar-refractivity contribution in [1.29, 1.82) is 0 Å². The Labute approximate surface area is 125 Å². The maximum absolute atomic E-state index is 12.5. The first-order chi connectivity index (χ1) is 9.64. The molecule has 1 aliphatic heterocycles. The Bertz CT molecular complexity index is 505. The molecule has 1 rings (SSSR count). The smallest absolute Gasteiger partial charge is 0.329 e. The summed E-state index contributed by atoms with van der Waals surface area (Å²) in [5.41, 5.74) is -1.15. The normalized spacial score (nSPS) is 22.3. The molecule has 0 aromatic heterocycles. The van der Waals surface area contributed by atoms with Crippen LogP contribution in [0.3, 0.4) is 0 Å². The molecule has 0 aromatic rings. The Morgan fingerprint density at radius 2 is 2.00 bits per heavy atom. The zero-order valence-corrected chi connectivity index (χ0v) is 13.6. The van der Waals surface area contributed by atoms with Crippen LogP contribution in [-0.4, -0.2) is 73.0 Å². The van der Waals surface area contributed by atoms with E-state index in [1.54, 1.807) is 0 Å². The highest BCUT2D eigenvalue weighted by molar-refractivity contribution is 7.90. The number of aliphatic carboxylic acids is 1. The SMILES string of the molecule is CCCC1(C(=O)O)CCCN1C(=O)N(C)CCS(C)(=O)=O. The summed E-state index contributed by atoms with van der Waals surface area (Å²) in [6.45, 7) is 2.35. The van der Waals surface area contributed by atoms with Gasteiger partial charge in [-0.15, -0.1) is 0 Å². The van der Waals surface area contributed by atoms with Gasteiger partial charge in [0.25, 0.3) is 0 Å². The fraction of sp³-hybridized carbons (Fsp3) is 0.846. The number of likely N-dealkylation sites (tertiary alicyclic amines) is 1. The number of carbonyl (C=O) groups is 2. The average molecular weight is 320 g/mol. The monoisotopic (exact) mass is 320 g/mol. The Hall–Kier alpha value is -1.31. The van der Waals surface area contributed by atoms with Crippen molar-refractivity contribution in [1.82, 2.24) is 9.80 Å². The maximum Gasteiger partial charge on any atom is 0.329 e. The highest BCUT2D eigenvalue weighted by Crippen LogP contribution is 2.34. The zero-order chi connectivity index (χ0) is 16.3. The Kier molecular flexibility index (Phi) is 5.61. The first-order valence-electron chi connectivity index (χ1n) is 7.08. The van der Waals surface area contributed by atoms with Gasteiger partial charge in [-0.25, -0.2) is 18.0 Å². The fourth-order valence-corrected chi connectivity index (χ4v) is 3.37. The van der Waals surface area contributed by atoms with Crippen molar-refractivity contribution in [2.45, 2.75) is 38.1 Å². The summed E-state index contributed by atoms with van der Waals surface area (Å²) in [6.07, 6.45) is 3.29. The van der Waals surface area contributed by atoms with Crippen LogP contribution in [0.2, 0.25) is 0 Å². The lowest BCUT2D eigenvalue weighted by atomic mass is 9.91. The van der Waals surface area contributed by atoms with Gasteiger partial charge in [-0.2, -0.15) is 0 Å². The summed E-state index contributed by atoms with van der Waals surface area (Å²) in [5, 5.41) is 9.55. The molecule has 1 saturated heterocycles. The molecule has 0 aliphatic carbocycles. The van der Waals surface area contributed by atoms with Gasteiger partial charge >= 0.3 is 12.0 Å². The molecule has 1 heterocycles. The summed E-state index contributed by atoms with van der Waals surface area (Å²) < 4.78 is 22.3. The number of rotatable bonds is 6. The van der Waals surface area contributed by atoms with Crippen LogP contribution in [0.1, 0.15) is 32.6 Å². The van der Waals surface area contributed by atoms with Gasteiger partial charge < -0.3 is 14.9 Å². The number of nitrogens with zero attached hydrogens (tertiary/aromatic N) is 2. The third-order valence-corrected chi connectivity index (χ3v) is 4.83. The minimum Gasteiger partial charge on any atom is -0.479 e. The summed E-state index contributed by atoms with van der Waals surface area (Å²) in [6, 6.07) is -0.410. The number of sulfone groups is 1. The van der Waals surface area contributed by atoms with E-state index in [4.69, 9.17) is 0 Å². The number of amides is 2. The number of urea groups is 1. The molecule has 0 spiro atoms. The largest absolute Gasteiger partial charge is 0.479 e. The van der Waals surface area contributed by atoms with E-state index < -0.39 is 27.4 Å². The van der Waals surface area contributed by atoms with E-state index >= 15 is 0 Å². The molecule has 8 heteroatoms. The molecule has 0 bridgehead atoms. The molecule has 2 amide bonds. The average Bonchev–Trinajstić information content (AvgIpc) is 2.79. The predicted molar refractivity (Wildman–Crippen MR) is 79.0 cm³/mol. The van der Waals surface area contributed by atoms with Gasteiger partial charge in [0.1, 0.15) is 15.4 Å². The van der Waals surface area contributed by atoms with Crippen LogP contribution in [0.15, 0.2) is 0 Å². The minimum atomic E-state index is -3.16. The Morgan fingerprint density at radius 1 is 1.38 bits per heavy atom. The Morgan fingerprint density at radius 3 is 2.48 bits per heavy atom. The lowest BCUT2D eigenvalue weighted by molar-refractivity contribution is -0.148. The van der Waals surface area contributed by atoms with Gasteiger partial charge in [-0.05, 0) is 19.3 Å². The van der Waals surface area contributed by atoms with Crippen molar-refractivity contribution in [3.63, 3.8) is 0 Å². The number of carboxylic acid groups (broad SMARTS) is 1. The second kappa shape index (κ2) is 6.64. The van der Waals surface area contributed by atoms with Gasteiger partial charge in [0.15, 0.2) is 0 Å². The summed E-state index contributed by atoms with van der Waals surface area (Å²) in [5.74, 6) is -1.11. The molecule has 0 aromatic carbocycles. The van der Waals surface area contributed by atoms with E-state index in [0.29, 0.717) is 32.2 Å². The van der Waals surface area contributed by atoms with E-state index in [9.17, 15) is 23.1 Å². The highest BCUT2D eigenvalue weighted by atomic mass is 32.2. The van der Waals surface area contributed by atoms with Crippen LogP contribution >= 0.6 is 0 Å². The summed E-state index contributed by atoms with van der Waals surface area (Å²) >= 11 is 0. The number of hydrogen-bond acceptors (Lipinski definition) is 4. The zero-order valence-electron chi connectivity index (χ0n) is 12.8. The fourth-order valence-electron chi connectivity index (χ4n) is 2.76. The van der Waals surface area contributed by atoms with Gasteiger partial charge in [-0.1, -0.05) is 13.3 Å². The molecule has 7 nitrogen and oxygen atoms in total. The Balaban J connectivity index is 2.86. The standard InChI is InChI=1S/C13H24N2O5S/c1-4-6-13(11(16)17)7-5-8-15(13)12(18)14(2)9-10-21(3,19)20/h4-10H2,1-3H3,(H,16,17). The van der Waals surface area contributed by atoms with Crippen LogP contribution in [0.25, 0.3) is 0 Å². The van der Waals surface area contributed by atoms with Crippen molar-refractivity contribution >= 4 is 21.8 Å². The van der Waals surface area contributed by atoms with Crippen molar-refractivity contribution in [2.75, 3.05) is 32.1 Å². The highest BCUT2D eigenvalue weighted by Gasteiger charge is 2.49. The number of carbonyl (C=O) groups excluding carboxylic acids is 1. The maximum atomic E-state index is 12.5. The van der Waals surface area contributed by atoms with Gasteiger partial charge in [-0.3, -0.25) is 0 Å². The van der Waals surface area contributed by atoms with Crippen LogP contribution in [0, 0.1) is 0 Å². The van der Waals surface area contributed by atoms with E-state index in [1.165, 1.54) is 16.8 Å². The summed E-state index contributed by atoms with van der Waals surface area (Å²) in [4.78, 5) is 26.8. The second-order valence-corrected chi connectivity index (χ2v) is 7.94. The van der Waals surface area contributed by atoms with Crippen LogP contribution in [0.5, 0.6) is 0 Å². The molecule has 1 N–H and O–H groups in total. The minimum absolute atomic E-state index is 0.0655. The molecule has 1 atom stereocenters. The van der Waals surface area contributed by atoms with Crippen LogP contribution in [0.4, 0.5) is 4.79 Å². The third-order valence-electron chi connectivity index (χ3n) is 3.91. The van der Waals surface area contributed by atoms with Crippen LogP contribution < -0.4 is 0 Å². The third kappa shape index (κ3) is 4.09. The van der Waals surface area contributed by atoms with Crippen molar-refractivity contribution in [3.05, 3.63) is 0 Å². The van der Waals surface area contributed by atoms with Crippen LogP contribution in [-0.2, 0) is 14.6 Å². The topological polar surface area (TPSA) is 95.0 Å². The van der Waals surface area contributed by atoms with E-state index in [1.807, 2.05) is 6.92 Å². The molecule has 21 heavy (non-hydrogen) atoms. The van der Waals surface area contributed by atoms with Crippen molar-refractivity contribution in [2.24, 2.45) is 0 Å². The molecule has 1 fully saturated rings.